The zero-order valence-electron chi connectivity index (χ0n) is 11.2. The molecule has 1 aromatic rings. The van der Waals surface area contributed by atoms with Crippen molar-refractivity contribution in [1.29, 1.82) is 0 Å². The van der Waals surface area contributed by atoms with Crippen molar-refractivity contribution in [3.63, 3.8) is 0 Å². The minimum atomic E-state index is -0.105. The summed E-state index contributed by atoms with van der Waals surface area (Å²) >= 11 is 0. The van der Waals surface area contributed by atoms with Crippen LogP contribution in [0.25, 0.3) is 0 Å². The number of nitrogens with one attached hydrogen (secondary N) is 3. The summed E-state index contributed by atoms with van der Waals surface area (Å²) in [5, 5.41) is 8.74. The highest BCUT2D eigenvalue weighted by Gasteiger charge is 2.21. The molecule has 0 aromatic heterocycles. The van der Waals surface area contributed by atoms with E-state index < -0.39 is 0 Å². The monoisotopic (exact) mass is 261 g/mol. The maximum atomic E-state index is 12.0. The molecule has 1 aromatic carbocycles. The highest BCUT2D eigenvalue weighted by Crippen LogP contribution is 2.15. The molecule has 1 atom stereocenters. The van der Waals surface area contributed by atoms with Crippen LogP contribution < -0.4 is 16.0 Å². The Morgan fingerprint density at radius 2 is 2.26 bits per heavy atom. The zero-order chi connectivity index (χ0) is 13.8. The van der Waals surface area contributed by atoms with Crippen molar-refractivity contribution in [2.75, 3.05) is 18.9 Å². The molecule has 0 radical (unpaired) electrons. The maximum absolute atomic E-state index is 12.0. The van der Waals surface area contributed by atoms with Crippen molar-refractivity contribution >= 4 is 17.5 Å². The van der Waals surface area contributed by atoms with Gasteiger partial charge in [0.2, 0.25) is 5.91 Å². The maximum Gasteiger partial charge on any atom is 0.251 e. The summed E-state index contributed by atoms with van der Waals surface area (Å²) < 4.78 is 0. The summed E-state index contributed by atoms with van der Waals surface area (Å²) in [6, 6.07) is 5.60. The zero-order valence-corrected chi connectivity index (χ0v) is 11.2. The van der Waals surface area contributed by atoms with Gasteiger partial charge in [-0.25, -0.2) is 0 Å². The molecule has 5 nitrogen and oxygen atoms in total. The summed E-state index contributed by atoms with van der Waals surface area (Å²) in [5.74, 6) is -0.0413. The van der Waals surface area contributed by atoms with Gasteiger partial charge in [0.05, 0.1) is 0 Å². The number of rotatable bonds is 4. The van der Waals surface area contributed by atoms with Gasteiger partial charge in [-0.1, -0.05) is 0 Å². The molecule has 1 fully saturated rings. The normalized spacial score (nSPS) is 18.0. The van der Waals surface area contributed by atoms with E-state index in [2.05, 4.69) is 16.0 Å². The Balaban J connectivity index is 1.92. The number of carbonyl (C=O) groups excluding carboxylic acids is 2. The minimum absolute atomic E-state index is 0.0634. The number of hydrogen-bond acceptors (Lipinski definition) is 3. The van der Waals surface area contributed by atoms with Crippen LogP contribution in [0.5, 0.6) is 0 Å². The first kappa shape index (κ1) is 13.4. The molecule has 1 unspecified atom stereocenters. The van der Waals surface area contributed by atoms with Gasteiger partial charge < -0.3 is 16.0 Å². The van der Waals surface area contributed by atoms with Crippen LogP contribution in [0.1, 0.15) is 28.8 Å². The fourth-order valence-electron chi connectivity index (χ4n) is 2.23. The van der Waals surface area contributed by atoms with Crippen molar-refractivity contribution in [3.8, 4) is 0 Å². The summed E-state index contributed by atoms with van der Waals surface area (Å²) in [6.45, 7) is 2.44. The van der Waals surface area contributed by atoms with E-state index in [1.54, 1.807) is 6.07 Å². The van der Waals surface area contributed by atoms with Crippen molar-refractivity contribution in [2.24, 2.45) is 0 Å². The molecule has 1 heterocycles. The first-order valence-corrected chi connectivity index (χ1v) is 6.46. The van der Waals surface area contributed by atoms with Crippen LogP contribution in [0.4, 0.5) is 5.69 Å². The lowest BCUT2D eigenvalue weighted by Crippen LogP contribution is -2.38. The van der Waals surface area contributed by atoms with Crippen molar-refractivity contribution in [1.82, 2.24) is 10.6 Å². The Kier molecular flexibility index (Phi) is 4.04. The lowest BCUT2D eigenvalue weighted by atomic mass is 10.1. The Hall–Kier alpha value is -2.04. The van der Waals surface area contributed by atoms with Crippen molar-refractivity contribution in [3.05, 3.63) is 29.3 Å². The number of anilines is 1. The molecule has 1 aliphatic heterocycles. The van der Waals surface area contributed by atoms with Gasteiger partial charge in [-0.2, -0.15) is 0 Å². The van der Waals surface area contributed by atoms with Gasteiger partial charge in [-0.05, 0) is 37.1 Å². The van der Waals surface area contributed by atoms with Gasteiger partial charge in [0.15, 0.2) is 0 Å². The molecule has 1 aliphatic rings. The Morgan fingerprint density at radius 1 is 1.47 bits per heavy atom. The third-order valence-corrected chi connectivity index (χ3v) is 3.35. The summed E-state index contributed by atoms with van der Waals surface area (Å²) in [7, 11) is 1.85. The van der Waals surface area contributed by atoms with E-state index in [1.807, 2.05) is 26.1 Å². The second kappa shape index (κ2) is 5.73. The first-order valence-electron chi connectivity index (χ1n) is 6.46. The Labute approximate surface area is 112 Å². The Bertz CT molecular complexity index is 499. The lowest BCUT2D eigenvalue weighted by molar-refractivity contribution is -0.119. The quantitative estimate of drug-likeness (QED) is 0.758. The van der Waals surface area contributed by atoms with Gasteiger partial charge in [0, 0.05) is 37.3 Å². The third kappa shape index (κ3) is 3.24. The van der Waals surface area contributed by atoms with E-state index >= 15 is 0 Å². The highest BCUT2D eigenvalue weighted by atomic mass is 16.2. The largest absolute Gasteiger partial charge is 0.388 e. The van der Waals surface area contributed by atoms with E-state index in [1.165, 1.54) is 0 Å². The molecule has 5 heteroatoms. The van der Waals surface area contributed by atoms with Crippen molar-refractivity contribution < 1.29 is 9.59 Å². The van der Waals surface area contributed by atoms with E-state index in [-0.39, 0.29) is 17.9 Å². The fraction of sp³-hybridized carbons (Fsp3) is 0.429. The molecule has 2 amide bonds. The van der Waals surface area contributed by atoms with E-state index in [0.29, 0.717) is 18.5 Å². The van der Waals surface area contributed by atoms with Gasteiger partial charge in [0.25, 0.3) is 5.91 Å². The van der Waals surface area contributed by atoms with E-state index in [9.17, 15) is 9.59 Å². The van der Waals surface area contributed by atoms with Crippen LogP contribution in [0, 0.1) is 6.92 Å². The van der Waals surface area contributed by atoms with Crippen LogP contribution in [-0.4, -0.2) is 31.4 Å². The van der Waals surface area contributed by atoms with Gasteiger partial charge in [-0.15, -0.1) is 0 Å². The van der Waals surface area contributed by atoms with Gasteiger partial charge >= 0.3 is 0 Å². The lowest BCUT2D eigenvalue weighted by Gasteiger charge is -2.12. The fourth-order valence-corrected chi connectivity index (χ4v) is 2.23. The predicted molar refractivity (Wildman–Crippen MR) is 74.2 cm³/mol. The molecule has 102 valence electrons. The number of aryl methyl sites for hydroxylation is 1. The molecule has 1 saturated heterocycles. The number of benzene rings is 1. The summed E-state index contributed by atoms with van der Waals surface area (Å²) in [5.41, 5.74) is 2.68. The third-order valence-electron chi connectivity index (χ3n) is 3.35. The van der Waals surface area contributed by atoms with Gasteiger partial charge in [-0.3, -0.25) is 9.59 Å². The molecule has 0 bridgehead atoms. The number of carbonyl (C=O) groups is 2. The standard InChI is InChI=1S/C14H19N3O2/c1-9-7-10(3-5-12(9)15-2)14(19)16-8-11-4-6-13(18)17-11/h3,5,7,11,15H,4,6,8H2,1-2H3,(H,16,19)(H,17,18). The van der Waals surface area contributed by atoms with Crippen LogP contribution in [0.2, 0.25) is 0 Å². The second-order valence-corrected chi connectivity index (χ2v) is 4.79. The first-order chi connectivity index (χ1) is 9.10. The molecule has 0 aliphatic carbocycles. The molecule has 3 N–H and O–H groups in total. The SMILES string of the molecule is CNc1ccc(C(=O)NCC2CCC(=O)N2)cc1C. The molecule has 0 spiro atoms. The molecular weight excluding hydrogens is 242 g/mol. The topological polar surface area (TPSA) is 70.2 Å². The summed E-state index contributed by atoms with van der Waals surface area (Å²) in [6.07, 6.45) is 1.34. The average Bonchev–Trinajstić information content (AvgIpc) is 2.81. The minimum Gasteiger partial charge on any atom is -0.388 e. The molecule has 19 heavy (non-hydrogen) atoms. The van der Waals surface area contributed by atoms with E-state index in [0.717, 1.165) is 17.7 Å². The number of amides is 2. The molecule has 0 saturated carbocycles. The highest BCUT2D eigenvalue weighted by molar-refractivity contribution is 5.95. The molecule has 2 rings (SSSR count). The predicted octanol–water partition coefficient (Wildman–Crippen LogP) is 1.05. The smallest absolute Gasteiger partial charge is 0.251 e. The van der Waals surface area contributed by atoms with Crippen LogP contribution in [-0.2, 0) is 4.79 Å². The van der Waals surface area contributed by atoms with E-state index in [4.69, 9.17) is 0 Å². The average molecular weight is 261 g/mol. The van der Waals surface area contributed by atoms with Crippen LogP contribution in [0.15, 0.2) is 18.2 Å². The van der Waals surface area contributed by atoms with Crippen LogP contribution >= 0.6 is 0 Å². The van der Waals surface area contributed by atoms with Gasteiger partial charge in [0.1, 0.15) is 0 Å². The second-order valence-electron chi connectivity index (χ2n) is 4.79. The molecular formula is C14H19N3O2. The number of hydrogen-bond donors (Lipinski definition) is 3. The summed E-state index contributed by atoms with van der Waals surface area (Å²) in [4.78, 5) is 23.0. The van der Waals surface area contributed by atoms with Crippen LogP contribution in [0.3, 0.4) is 0 Å². The Morgan fingerprint density at radius 3 is 2.84 bits per heavy atom. The van der Waals surface area contributed by atoms with Crippen molar-refractivity contribution in [2.45, 2.75) is 25.8 Å².